The Morgan fingerprint density at radius 3 is 1.68 bits per heavy atom. The van der Waals surface area contributed by atoms with Crippen LogP contribution in [0.25, 0.3) is 32.7 Å². The van der Waals surface area contributed by atoms with Gasteiger partial charge in [0.25, 0.3) is 0 Å². The lowest BCUT2D eigenvalue weighted by atomic mass is 9.96. The van der Waals surface area contributed by atoms with E-state index in [0.29, 0.717) is 0 Å². The highest BCUT2D eigenvalue weighted by molar-refractivity contribution is 6.02. The fraction of sp³-hybridized carbons (Fsp3) is 0.0769. The van der Waals surface area contributed by atoms with Crippen molar-refractivity contribution in [3.05, 3.63) is 109 Å². The molecule has 0 unspecified atom stereocenters. The fourth-order valence-electron chi connectivity index (χ4n) is 3.91. The molecule has 2 aromatic heterocycles. The number of benzene rings is 3. The van der Waals surface area contributed by atoms with Crippen molar-refractivity contribution >= 4 is 21.5 Å². The van der Waals surface area contributed by atoms with Crippen molar-refractivity contribution < 1.29 is 9.13 Å². The van der Waals surface area contributed by atoms with Crippen LogP contribution in [0.1, 0.15) is 5.56 Å². The second-order valence-corrected chi connectivity index (χ2v) is 7.31. The van der Waals surface area contributed by atoms with Crippen LogP contribution in [0.3, 0.4) is 0 Å². The molecule has 0 saturated carbocycles. The van der Waals surface area contributed by atoms with Gasteiger partial charge in [-0.05, 0) is 38.7 Å². The van der Waals surface area contributed by atoms with Gasteiger partial charge in [-0.25, -0.2) is 9.13 Å². The molecule has 3 aromatic carbocycles. The zero-order valence-electron chi connectivity index (χ0n) is 15.9. The molecule has 0 aliphatic heterocycles. The second kappa shape index (κ2) is 6.90. The predicted molar refractivity (Wildman–Crippen MR) is 114 cm³/mol. The molecule has 2 heteroatoms. The average molecular weight is 362 g/mol. The molecule has 0 radical (unpaired) electrons. The summed E-state index contributed by atoms with van der Waals surface area (Å²) >= 11 is 0. The number of hydrogen-bond donors (Lipinski definition) is 0. The van der Waals surface area contributed by atoms with Gasteiger partial charge in [0, 0.05) is 29.8 Å². The average Bonchev–Trinajstić information content (AvgIpc) is 2.75. The number of pyridine rings is 2. The van der Waals surface area contributed by atoms with Crippen LogP contribution < -0.4 is 9.13 Å². The van der Waals surface area contributed by atoms with Gasteiger partial charge in [0.2, 0.25) is 0 Å². The zero-order valence-corrected chi connectivity index (χ0v) is 15.9. The number of fused-ring (bicyclic) bond motifs is 2. The maximum Gasteiger partial charge on any atom is 0.175 e. The van der Waals surface area contributed by atoms with Gasteiger partial charge in [0.1, 0.15) is 7.05 Å². The van der Waals surface area contributed by atoms with Gasteiger partial charge in [-0.15, -0.1) is 0 Å². The van der Waals surface area contributed by atoms with Crippen LogP contribution in [0.15, 0.2) is 104 Å². The lowest BCUT2D eigenvalue weighted by molar-refractivity contribution is -0.687. The molecule has 2 nitrogen and oxygen atoms in total. The number of hydrogen-bond acceptors (Lipinski definition) is 0. The minimum atomic E-state index is 0.853. The van der Waals surface area contributed by atoms with E-state index in [4.69, 9.17) is 0 Å². The number of aromatic nitrogens is 2. The van der Waals surface area contributed by atoms with Crippen molar-refractivity contribution in [1.82, 2.24) is 0 Å². The van der Waals surface area contributed by atoms with E-state index in [1.54, 1.807) is 0 Å². The first kappa shape index (κ1) is 16.6. The second-order valence-electron chi connectivity index (χ2n) is 7.31. The van der Waals surface area contributed by atoms with Crippen molar-refractivity contribution in [3.8, 4) is 11.1 Å². The molecule has 0 bridgehead atoms. The summed E-state index contributed by atoms with van der Waals surface area (Å²) in [6.07, 6.45) is 8.52. The smallest absolute Gasteiger partial charge is 0.175 e. The fourth-order valence-corrected chi connectivity index (χ4v) is 3.91. The Bertz CT molecular complexity index is 1220. The Labute approximate surface area is 164 Å². The van der Waals surface area contributed by atoms with Crippen LogP contribution in [0.5, 0.6) is 0 Å². The van der Waals surface area contributed by atoms with Crippen LogP contribution in [-0.2, 0) is 13.6 Å². The van der Waals surface area contributed by atoms with Gasteiger partial charge in [-0.3, -0.25) is 0 Å². The maximum absolute atomic E-state index is 2.29. The molecule has 0 spiro atoms. The molecule has 0 saturated heterocycles. The first-order chi connectivity index (χ1) is 13.8. The Kier molecular flexibility index (Phi) is 4.10. The van der Waals surface area contributed by atoms with Crippen LogP contribution in [0.4, 0.5) is 0 Å². The van der Waals surface area contributed by atoms with Crippen LogP contribution >= 0.6 is 0 Å². The van der Waals surface area contributed by atoms with E-state index in [2.05, 4.69) is 113 Å². The molecular formula is C26H22N2+2. The van der Waals surface area contributed by atoms with Crippen molar-refractivity contribution in [3.63, 3.8) is 0 Å². The third kappa shape index (κ3) is 3.03. The molecule has 28 heavy (non-hydrogen) atoms. The van der Waals surface area contributed by atoms with E-state index in [-0.39, 0.29) is 0 Å². The number of nitrogens with zero attached hydrogens (tertiary/aromatic N) is 2. The summed E-state index contributed by atoms with van der Waals surface area (Å²) in [7, 11) is 2.04. The summed E-state index contributed by atoms with van der Waals surface area (Å²) in [4.78, 5) is 0. The van der Waals surface area contributed by atoms with Crippen LogP contribution in [0, 0.1) is 0 Å². The van der Waals surface area contributed by atoms with E-state index in [1.807, 2.05) is 7.05 Å². The molecule has 5 aromatic rings. The SMILES string of the molecule is C[n+]1ccc(-c2cc[n+](Cc3c4ccccc4cc4ccccc34)cc2)cc1. The minimum absolute atomic E-state index is 0.853. The molecule has 2 heterocycles. The summed E-state index contributed by atoms with van der Waals surface area (Å²) in [5.41, 5.74) is 3.85. The van der Waals surface area contributed by atoms with Gasteiger partial charge in [0.05, 0.1) is 0 Å². The van der Waals surface area contributed by atoms with Crippen LogP contribution in [-0.4, -0.2) is 0 Å². The van der Waals surface area contributed by atoms with Crippen molar-refractivity contribution in [2.45, 2.75) is 6.54 Å². The summed E-state index contributed by atoms with van der Waals surface area (Å²) in [5, 5.41) is 5.25. The van der Waals surface area contributed by atoms with Gasteiger partial charge in [-0.2, -0.15) is 0 Å². The summed E-state index contributed by atoms with van der Waals surface area (Å²) in [5.74, 6) is 0. The van der Waals surface area contributed by atoms with Crippen LogP contribution in [0.2, 0.25) is 0 Å². The monoisotopic (exact) mass is 362 g/mol. The lowest BCUT2D eigenvalue weighted by Crippen LogP contribution is -2.33. The van der Waals surface area contributed by atoms with Crippen molar-refractivity contribution in [2.75, 3.05) is 0 Å². The van der Waals surface area contributed by atoms with E-state index < -0.39 is 0 Å². The Hall–Kier alpha value is -3.52. The van der Waals surface area contributed by atoms with Gasteiger partial charge >= 0.3 is 0 Å². The van der Waals surface area contributed by atoms with Gasteiger partial charge in [0.15, 0.2) is 31.3 Å². The number of aryl methyl sites for hydroxylation is 1. The first-order valence-corrected chi connectivity index (χ1v) is 9.62. The summed E-state index contributed by atoms with van der Waals surface area (Å²) in [6.45, 7) is 0.853. The summed E-state index contributed by atoms with van der Waals surface area (Å²) < 4.78 is 4.32. The molecule has 134 valence electrons. The molecule has 0 aliphatic carbocycles. The minimum Gasteiger partial charge on any atom is -0.208 e. The molecule has 0 N–H and O–H groups in total. The van der Waals surface area contributed by atoms with E-state index in [0.717, 1.165) is 6.54 Å². The van der Waals surface area contributed by atoms with E-state index in [9.17, 15) is 0 Å². The largest absolute Gasteiger partial charge is 0.208 e. The topological polar surface area (TPSA) is 7.76 Å². The van der Waals surface area contributed by atoms with Gasteiger partial charge in [-0.1, -0.05) is 48.5 Å². The Morgan fingerprint density at radius 1 is 0.607 bits per heavy atom. The highest BCUT2D eigenvalue weighted by Crippen LogP contribution is 2.28. The molecule has 0 amide bonds. The maximum atomic E-state index is 2.29. The molecule has 5 rings (SSSR count). The summed E-state index contributed by atoms with van der Waals surface area (Å²) in [6, 6.07) is 28.3. The standard InChI is InChI=1S/C26H22N2/c1-27-14-10-20(11-15-27)21-12-16-28(17-13-21)19-26-24-8-4-2-6-22(24)18-23-7-3-5-9-25(23)26/h2-18H,19H2,1H3/q+2. The Morgan fingerprint density at radius 2 is 1.11 bits per heavy atom. The molecule has 0 atom stereocenters. The quantitative estimate of drug-likeness (QED) is 0.321. The molecular weight excluding hydrogens is 340 g/mol. The van der Waals surface area contributed by atoms with Gasteiger partial charge < -0.3 is 0 Å². The first-order valence-electron chi connectivity index (χ1n) is 9.62. The molecule has 0 fully saturated rings. The molecule has 0 aliphatic rings. The third-order valence-corrected chi connectivity index (χ3v) is 5.43. The Balaban J connectivity index is 1.56. The third-order valence-electron chi connectivity index (χ3n) is 5.43. The normalized spacial score (nSPS) is 11.2. The predicted octanol–water partition coefficient (Wildman–Crippen LogP) is 4.82. The lowest BCUT2D eigenvalue weighted by Gasteiger charge is -2.09. The highest BCUT2D eigenvalue weighted by Gasteiger charge is 2.12. The number of rotatable bonds is 3. The van der Waals surface area contributed by atoms with Crippen molar-refractivity contribution in [1.29, 1.82) is 0 Å². The van der Waals surface area contributed by atoms with E-state index in [1.165, 1.54) is 38.2 Å². The highest BCUT2D eigenvalue weighted by atomic mass is 14.9. The van der Waals surface area contributed by atoms with Crippen molar-refractivity contribution in [2.24, 2.45) is 7.05 Å². The van der Waals surface area contributed by atoms with E-state index >= 15 is 0 Å². The zero-order chi connectivity index (χ0) is 18.9.